The zero-order valence-corrected chi connectivity index (χ0v) is 29.0. The number of para-hydroxylation sites is 2. The second kappa shape index (κ2) is 8.77. The Labute approximate surface area is 262 Å². The standard InChI is InChI=1S/C40H42N2Si2/c1-43(2,3)36-24-41-34-18-16-26(22-32(34)28-12-10-14-30(36)38(28)41)40(20-8-7-9-21-40)27-17-19-35-33(23-27)29-13-11-15-31-37(44(4,5)6)25-42(35)39(29)31/h10-19,22-25H,7-9,20-21H2,1-6H3. The largest absolute Gasteiger partial charge is 0.315 e. The molecular formula is C40H42N2Si2. The number of aromatic nitrogens is 2. The summed E-state index contributed by atoms with van der Waals surface area (Å²) in [7, 11) is -2.92. The molecule has 8 aromatic rings. The summed E-state index contributed by atoms with van der Waals surface area (Å²) in [4.78, 5) is 0. The summed E-state index contributed by atoms with van der Waals surface area (Å²) in [5.41, 5.74) is 8.59. The first kappa shape index (κ1) is 26.8. The summed E-state index contributed by atoms with van der Waals surface area (Å²) in [6.07, 6.45) is 11.3. The van der Waals surface area contributed by atoms with Gasteiger partial charge in [0.15, 0.2) is 0 Å². The van der Waals surface area contributed by atoms with E-state index >= 15 is 0 Å². The van der Waals surface area contributed by atoms with Crippen LogP contribution in [0.25, 0.3) is 54.4 Å². The van der Waals surface area contributed by atoms with E-state index in [1.54, 1.807) is 10.4 Å². The van der Waals surface area contributed by atoms with Crippen LogP contribution < -0.4 is 10.4 Å². The lowest BCUT2D eigenvalue weighted by Crippen LogP contribution is -2.37. The molecule has 1 aliphatic rings. The number of fused-ring (bicyclic) bond motifs is 6. The first-order chi connectivity index (χ1) is 21.1. The van der Waals surface area contributed by atoms with Crippen LogP contribution in [0.4, 0.5) is 0 Å². The summed E-state index contributed by atoms with van der Waals surface area (Å²) >= 11 is 0. The maximum absolute atomic E-state index is 2.58. The fourth-order valence-corrected chi connectivity index (χ4v) is 12.0. The zero-order valence-electron chi connectivity index (χ0n) is 27.0. The van der Waals surface area contributed by atoms with E-state index in [1.165, 1.54) is 97.6 Å². The summed E-state index contributed by atoms with van der Waals surface area (Å²) in [6.45, 7) is 14.8. The topological polar surface area (TPSA) is 8.82 Å². The SMILES string of the molecule is C[Si](C)(C)c1cn2c3ccc(C4(c5ccc6c(c5)c5cccc7c([Si](C)(C)C)cn6c75)CCCCC4)cc3c3cccc1c32. The Morgan fingerprint density at radius 3 is 1.36 bits per heavy atom. The number of hydrogen-bond acceptors (Lipinski definition) is 0. The van der Waals surface area contributed by atoms with Gasteiger partial charge in [0.05, 0.1) is 38.2 Å². The minimum absolute atomic E-state index is 0.0472. The normalized spacial score (nSPS) is 16.6. The van der Waals surface area contributed by atoms with E-state index in [1.807, 2.05) is 0 Å². The molecule has 1 saturated carbocycles. The van der Waals surface area contributed by atoms with Crippen LogP contribution in [0.5, 0.6) is 0 Å². The van der Waals surface area contributed by atoms with Crippen LogP contribution in [0.1, 0.15) is 43.2 Å². The van der Waals surface area contributed by atoms with Crippen LogP contribution >= 0.6 is 0 Å². The van der Waals surface area contributed by atoms with Crippen molar-refractivity contribution in [2.75, 3.05) is 0 Å². The molecule has 1 aliphatic carbocycles. The fraction of sp³-hybridized carbons (Fsp3) is 0.300. The molecule has 1 fully saturated rings. The summed E-state index contributed by atoms with van der Waals surface area (Å²) in [6, 6.07) is 29.0. The van der Waals surface area contributed by atoms with Gasteiger partial charge in [0.2, 0.25) is 0 Å². The van der Waals surface area contributed by atoms with Crippen LogP contribution in [-0.4, -0.2) is 24.9 Å². The molecular weight excluding hydrogens is 565 g/mol. The van der Waals surface area contributed by atoms with Gasteiger partial charge in [-0.2, -0.15) is 0 Å². The zero-order chi connectivity index (χ0) is 30.2. The van der Waals surface area contributed by atoms with Gasteiger partial charge < -0.3 is 8.80 Å². The van der Waals surface area contributed by atoms with Gasteiger partial charge >= 0.3 is 0 Å². The van der Waals surface area contributed by atoms with Gasteiger partial charge in [-0.15, -0.1) is 0 Å². The van der Waals surface area contributed by atoms with Crippen molar-refractivity contribution in [1.29, 1.82) is 0 Å². The second-order valence-electron chi connectivity index (χ2n) is 15.8. The first-order valence-electron chi connectivity index (χ1n) is 16.7. The molecule has 0 atom stereocenters. The minimum Gasteiger partial charge on any atom is -0.315 e. The Kier molecular flexibility index (Phi) is 5.33. The van der Waals surface area contributed by atoms with Gasteiger partial charge in [0.25, 0.3) is 0 Å². The Morgan fingerprint density at radius 1 is 0.500 bits per heavy atom. The summed E-state index contributed by atoms with van der Waals surface area (Å²) in [5.74, 6) is 0. The molecule has 0 amide bonds. The quantitative estimate of drug-likeness (QED) is 0.176. The third kappa shape index (κ3) is 3.47. The van der Waals surface area contributed by atoms with Gasteiger partial charge in [-0.1, -0.05) is 107 Å². The smallest absolute Gasteiger partial charge is 0.0804 e. The number of rotatable bonds is 4. The average molecular weight is 607 g/mol. The molecule has 9 rings (SSSR count). The number of benzene rings is 4. The molecule has 0 N–H and O–H groups in total. The molecule has 4 aromatic carbocycles. The van der Waals surface area contributed by atoms with E-state index in [0.717, 1.165) is 0 Å². The van der Waals surface area contributed by atoms with Crippen molar-refractivity contribution in [2.24, 2.45) is 0 Å². The van der Waals surface area contributed by atoms with Crippen molar-refractivity contribution in [3.8, 4) is 0 Å². The molecule has 4 heterocycles. The maximum atomic E-state index is 2.58. The molecule has 0 radical (unpaired) electrons. The van der Waals surface area contributed by atoms with Crippen LogP contribution in [0.15, 0.2) is 85.2 Å². The van der Waals surface area contributed by atoms with E-state index in [4.69, 9.17) is 0 Å². The molecule has 0 unspecified atom stereocenters. The predicted octanol–water partition coefficient (Wildman–Crippen LogP) is 10.0. The molecule has 2 nitrogen and oxygen atoms in total. The molecule has 0 bridgehead atoms. The second-order valence-corrected chi connectivity index (χ2v) is 25.9. The van der Waals surface area contributed by atoms with Crippen molar-refractivity contribution in [3.05, 3.63) is 96.3 Å². The highest BCUT2D eigenvalue weighted by Gasteiger charge is 2.37. The molecule has 0 saturated heterocycles. The van der Waals surface area contributed by atoms with Crippen molar-refractivity contribution < 1.29 is 0 Å². The lowest BCUT2D eigenvalue weighted by atomic mass is 9.65. The van der Waals surface area contributed by atoms with Crippen LogP contribution in [0.3, 0.4) is 0 Å². The Hall–Kier alpha value is -3.61. The van der Waals surface area contributed by atoms with Gasteiger partial charge in [-0.3, -0.25) is 0 Å². The average Bonchev–Trinajstić information content (AvgIpc) is 3.76. The molecule has 0 aliphatic heterocycles. The van der Waals surface area contributed by atoms with Gasteiger partial charge in [0.1, 0.15) is 0 Å². The van der Waals surface area contributed by atoms with Gasteiger partial charge in [-0.05, 0) is 69.4 Å². The summed E-state index contributed by atoms with van der Waals surface area (Å²) in [5, 5.41) is 11.7. The maximum Gasteiger partial charge on any atom is 0.0804 e. The van der Waals surface area contributed by atoms with Crippen molar-refractivity contribution in [2.45, 2.75) is 76.8 Å². The molecule has 4 heteroatoms. The lowest BCUT2D eigenvalue weighted by molar-refractivity contribution is 0.346. The van der Waals surface area contributed by atoms with Gasteiger partial charge in [-0.25, -0.2) is 0 Å². The Bertz CT molecular complexity index is 2220. The third-order valence-corrected chi connectivity index (χ3v) is 15.2. The highest BCUT2D eigenvalue weighted by Crippen LogP contribution is 2.48. The van der Waals surface area contributed by atoms with E-state index in [2.05, 4.69) is 133 Å². The molecule has 220 valence electrons. The van der Waals surface area contributed by atoms with E-state index in [9.17, 15) is 0 Å². The highest BCUT2D eigenvalue weighted by atomic mass is 28.3. The van der Waals surface area contributed by atoms with E-state index in [-0.39, 0.29) is 5.41 Å². The highest BCUT2D eigenvalue weighted by molar-refractivity contribution is 6.91. The van der Waals surface area contributed by atoms with Crippen LogP contribution in [0.2, 0.25) is 39.3 Å². The fourth-order valence-electron chi connectivity index (χ4n) is 9.00. The van der Waals surface area contributed by atoms with Crippen LogP contribution in [0, 0.1) is 0 Å². The Balaban J connectivity index is 1.26. The molecule has 0 spiro atoms. The van der Waals surface area contributed by atoms with Crippen molar-refractivity contribution in [1.82, 2.24) is 8.80 Å². The van der Waals surface area contributed by atoms with E-state index in [0.29, 0.717) is 0 Å². The van der Waals surface area contributed by atoms with Crippen molar-refractivity contribution in [3.63, 3.8) is 0 Å². The molecule has 4 aromatic heterocycles. The number of hydrogen-bond donors (Lipinski definition) is 0. The molecule has 44 heavy (non-hydrogen) atoms. The minimum atomic E-state index is -1.46. The van der Waals surface area contributed by atoms with Crippen LogP contribution in [-0.2, 0) is 5.41 Å². The third-order valence-electron chi connectivity index (χ3n) is 11.2. The van der Waals surface area contributed by atoms with Crippen molar-refractivity contribution >= 4 is 80.9 Å². The van der Waals surface area contributed by atoms with Gasteiger partial charge in [0, 0.05) is 39.4 Å². The Morgan fingerprint density at radius 2 is 0.932 bits per heavy atom. The monoisotopic (exact) mass is 606 g/mol. The summed E-state index contributed by atoms with van der Waals surface area (Å²) < 4.78 is 5.01. The van der Waals surface area contributed by atoms with E-state index < -0.39 is 16.1 Å². The number of nitrogens with zero attached hydrogens (tertiary/aromatic N) is 2. The lowest BCUT2D eigenvalue weighted by Gasteiger charge is -2.39. The predicted molar refractivity (Wildman–Crippen MR) is 197 cm³/mol. The first-order valence-corrected chi connectivity index (χ1v) is 23.7.